The largest absolute Gasteiger partial charge is 0.508 e. The van der Waals surface area contributed by atoms with Gasteiger partial charge in [-0.15, -0.1) is 0 Å². The number of rotatable bonds is 5. The minimum Gasteiger partial charge on any atom is -0.508 e. The van der Waals surface area contributed by atoms with Gasteiger partial charge >= 0.3 is 0 Å². The first-order chi connectivity index (χ1) is 8.02. The van der Waals surface area contributed by atoms with Gasteiger partial charge in [0, 0.05) is 19.2 Å². The summed E-state index contributed by atoms with van der Waals surface area (Å²) in [6.45, 7) is 3.77. The molecule has 0 saturated heterocycles. The second-order valence-corrected chi connectivity index (χ2v) is 4.13. The number of benzene rings is 1. The molecule has 1 atom stereocenters. The average Bonchev–Trinajstić information content (AvgIpc) is 2.29. The summed E-state index contributed by atoms with van der Waals surface area (Å²) in [7, 11) is 1.63. The third-order valence-electron chi connectivity index (χ3n) is 2.66. The van der Waals surface area contributed by atoms with Gasteiger partial charge in [0.2, 0.25) is 5.91 Å². The SMILES string of the molecule is COC(C)CCC(=O)Nc1ccc(O)cc1C. The highest BCUT2D eigenvalue weighted by molar-refractivity contribution is 5.91. The van der Waals surface area contributed by atoms with Crippen molar-refractivity contribution >= 4 is 11.6 Å². The van der Waals surface area contributed by atoms with Crippen LogP contribution in [0.25, 0.3) is 0 Å². The molecule has 17 heavy (non-hydrogen) atoms. The lowest BCUT2D eigenvalue weighted by atomic mass is 10.1. The van der Waals surface area contributed by atoms with Crippen LogP contribution in [0, 0.1) is 6.92 Å². The molecule has 0 aliphatic rings. The zero-order chi connectivity index (χ0) is 12.8. The van der Waals surface area contributed by atoms with Gasteiger partial charge in [-0.3, -0.25) is 4.79 Å². The van der Waals surface area contributed by atoms with E-state index in [0.29, 0.717) is 12.8 Å². The van der Waals surface area contributed by atoms with Crippen molar-refractivity contribution in [1.82, 2.24) is 0 Å². The Morgan fingerprint density at radius 2 is 2.24 bits per heavy atom. The fraction of sp³-hybridized carbons (Fsp3) is 0.462. The Morgan fingerprint density at radius 3 is 2.82 bits per heavy atom. The number of hydrogen-bond donors (Lipinski definition) is 2. The van der Waals surface area contributed by atoms with E-state index in [1.165, 1.54) is 0 Å². The average molecular weight is 237 g/mol. The Labute approximate surface area is 102 Å². The number of carbonyl (C=O) groups is 1. The third kappa shape index (κ3) is 4.44. The summed E-state index contributed by atoms with van der Waals surface area (Å²) in [6, 6.07) is 4.87. The Balaban J connectivity index is 2.50. The molecule has 0 aliphatic carbocycles. The standard InChI is InChI=1S/C13H19NO3/c1-9-8-11(15)5-6-12(9)14-13(16)7-4-10(2)17-3/h5-6,8,10,15H,4,7H2,1-3H3,(H,14,16). The predicted molar refractivity (Wildman–Crippen MR) is 67.2 cm³/mol. The van der Waals surface area contributed by atoms with E-state index >= 15 is 0 Å². The molecule has 0 radical (unpaired) electrons. The van der Waals surface area contributed by atoms with E-state index in [1.807, 2.05) is 13.8 Å². The van der Waals surface area contributed by atoms with Gasteiger partial charge in [0.1, 0.15) is 5.75 Å². The summed E-state index contributed by atoms with van der Waals surface area (Å²) in [5.41, 5.74) is 1.58. The number of nitrogens with one attached hydrogen (secondary N) is 1. The van der Waals surface area contributed by atoms with Crippen molar-refractivity contribution in [3.63, 3.8) is 0 Å². The normalized spacial score (nSPS) is 12.2. The minimum atomic E-state index is -0.0392. The molecule has 0 aromatic heterocycles. The van der Waals surface area contributed by atoms with Crippen molar-refractivity contribution in [2.24, 2.45) is 0 Å². The van der Waals surface area contributed by atoms with Crippen LogP contribution in [0.2, 0.25) is 0 Å². The lowest BCUT2D eigenvalue weighted by Crippen LogP contribution is -2.15. The van der Waals surface area contributed by atoms with Crippen molar-refractivity contribution in [1.29, 1.82) is 0 Å². The fourth-order valence-corrected chi connectivity index (χ4v) is 1.45. The number of anilines is 1. The van der Waals surface area contributed by atoms with Gasteiger partial charge in [-0.05, 0) is 44.0 Å². The van der Waals surface area contributed by atoms with Gasteiger partial charge in [0.25, 0.3) is 0 Å². The lowest BCUT2D eigenvalue weighted by Gasteiger charge is -2.11. The van der Waals surface area contributed by atoms with Gasteiger partial charge < -0.3 is 15.2 Å². The molecule has 4 heteroatoms. The topological polar surface area (TPSA) is 58.6 Å². The number of phenols is 1. The number of amides is 1. The molecule has 1 aromatic rings. The van der Waals surface area contributed by atoms with Crippen molar-refractivity contribution in [3.05, 3.63) is 23.8 Å². The van der Waals surface area contributed by atoms with Crippen LogP contribution in [-0.2, 0) is 9.53 Å². The smallest absolute Gasteiger partial charge is 0.224 e. The van der Waals surface area contributed by atoms with Gasteiger partial charge in [-0.2, -0.15) is 0 Å². The van der Waals surface area contributed by atoms with Crippen LogP contribution in [0.4, 0.5) is 5.69 Å². The highest BCUT2D eigenvalue weighted by Crippen LogP contribution is 2.20. The quantitative estimate of drug-likeness (QED) is 0.773. The van der Waals surface area contributed by atoms with Gasteiger partial charge in [0.05, 0.1) is 6.10 Å². The highest BCUT2D eigenvalue weighted by atomic mass is 16.5. The van der Waals surface area contributed by atoms with Gasteiger partial charge in [0.15, 0.2) is 0 Å². The predicted octanol–water partition coefficient (Wildman–Crippen LogP) is 2.45. The van der Waals surface area contributed by atoms with E-state index in [2.05, 4.69) is 5.32 Å². The Hall–Kier alpha value is -1.55. The molecule has 0 saturated carbocycles. The van der Waals surface area contributed by atoms with E-state index < -0.39 is 0 Å². The first-order valence-electron chi connectivity index (χ1n) is 5.65. The number of aromatic hydroxyl groups is 1. The first kappa shape index (κ1) is 13.5. The molecule has 0 bridgehead atoms. The zero-order valence-electron chi connectivity index (χ0n) is 10.5. The molecule has 4 nitrogen and oxygen atoms in total. The molecule has 1 aromatic carbocycles. The summed E-state index contributed by atoms with van der Waals surface area (Å²) in [5.74, 6) is 0.163. The maximum absolute atomic E-state index is 11.6. The number of methoxy groups -OCH3 is 1. The Bertz CT molecular complexity index is 390. The number of phenolic OH excluding ortho intramolecular Hbond substituents is 1. The minimum absolute atomic E-state index is 0.0392. The van der Waals surface area contributed by atoms with E-state index in [4.69, 9.17) is 4.74 Å². The van der Waals surface area contributed by atoms with Crippen LogP contribution in [0.3, 0.4) is 0 Å². The van der Waals surface area contributed by atoms with Gasteiger partial charge in [-0.1, -0.05) is 0 Å². The molecule has 0 fully saturated rings. The molecular weight excluding hydrogens is 218 g/mol. The molecule has 0 aliphatic heterocycles. The van der Waals surface area contributed by atoms with Crippen LogP contribution >= 0.6 is 0 Å². The monoisotopic (exact) mass is 237 g/mol. The van der Waals surface area contributed by atoms with E-state index in [1.54, 1.807) is 25.3 Å². The summed E-state index contributed by atoms with van der Waals surface area (Å²) >= 11 is 0. The number of ether oxygens (including phenoxy) is 1. The summed E-state index contributed by atoms with van der Waals surface area (Å²) in [5, 5.41) is 12.1. The number of aryl methyl sites for hydroxylation is 1. The van der Waals surface area contributed by atoms with Crippen molar-refractivity contribution in [3.8, 4) is 5.75 Å². The fourth-order valence-electron chi connectivity index (χ4n) is 1.45. The summed E-state index contributed by atoms with van der Waals surface area (Å²) < 4.78 is 5.08. The maximum atomic E-state index is 11.6. The maximum Gasteiger partial charge on any atom is 0.224 e. The first-order valence-corrected chi connectivity index (χ1v) is 5.65. The molecule has 1 amide bonds. The summed E-state index contributed by atoms with van der Waals surface area (Å²) in [4.78, 5) is 11.6. The van der Waals surface area contributed by atoms with E-state index in [-0.39, 0.29) is 17.8 Å². The number of carbonyl (C=O) groups excluding carboxylic acids is 1. The van der Waals surface area contributed by atoms with Crippen LogP contribution in [0.5, 0.6) is 5.75 Å². The van der Waals surface area contributed by atoms with E-state index in [9.17, 15) is 9.90 Å². The lowest BCUT2D eigenvalue weighted by molar-refractivity contribution is -0.116. The Kier molecular flexibility index (Phi) is 4.97. The van der Waals surface area contributed by atoms with Crippen LogP contribution in [0.15, 0.2) is 18.2 Å². The molecular formula is C13H19NO3. The molecule has 0 heterocycles. The third-order valence-corrected chi connectivity index (χ3v) is 2.66. The van der Waals surface area contributed by atoms with Crippen LogP contribution in [-0.4, -0.2) is 24.2 Å². The van der Waals surface area contributed by atoms with Crippen LogP contribution in [0.1, 0.15) is 25.3 Å². The summed E-state index contributed by atoms with van der Waals surface area (Å²) in [6.07, 6.45) is 1.20. The van der Waals surface area contributed by atoms with Crippen molar-refractivity contribution in [2.45, 2.75) is 32.8 Å². The molecule has 1 unspecified atom stereocenters. The zero-order valence-corrected chi connectivity index (χ0v) is 10.5. The molecule has 1 rings (SSSR count). The Morgan fingerprint density at radius 1 is 1.53 bits per heavy atom. The van der Waals surface area contributed by atoms with Gasteiger partial charge in [-0.25, -0.2) is 0 Å². The molecule has 94 valence electrons. The second kappa shape index (κ2) is 6.25. The molecule has 0 spiro atoms. The van der Waals surface area contributed by atoms with Crippen LogP contribution < -0.4 is 5.32 Å². The van der Waals surface area contributed by atoms with Crippen molar-refractivity contribution < 1.29 is 14.6 Å². The second-order valence-electron chi connectivity index (χ2n) is 4.13. The highest BCUT2D eigenvalue weighted by Gasteiger charge is 2.07. The van der Waals surface area contributed by atoms with E-state index in [0.717, 1.165) is 11.3 Å². The van der Waals surface area contributed by atoms with Crippen molar-refractivity contribution in [2.75, 3.05) is 12.4 Å². The molecule has 2 N–H and O–H groups in total. The number of hydrogen-bond acceptors (Lipinski definition) is 3.